The fourth-order valence-corrected chi connectivity index (χ4v) is 1.09. The zero-order chi connectivity index (χ0) is 9.61. The Hall–Kier alpha value is 0.0900. The van der Waals surface area contributed by atoms with E-state index >= 15 is 0 Å². The first-order valence-corrected chi connectivity index (χ1v) is 4.48. The van der Waals surface area contributed by atoms with E-state index in [0.29, 0.717) is 0 Å². The Bertz CT molecular complexity index is 312. The van der Waals surface area contributed by atoms with Gasteiger partial charge in [-0.05, 0) is 12.1 Å². The second-order valence-electron chi connectivity index (χ2n) is 1.79. The first-order valence-electron chi connectivity index (χ1n) is 3.04. The number of hydrogen-bond acceptors (Lipinski definition) is 3. The maximum absolute atomic E-state index is 10.4. The number of rotatable bonds is 1. The van der Waals surface area contributed by atoms with E-state index in [4.69, 9.17) is 4.55 Å². The Balaban J connectivity index is 0. The quantitative estimate of drug-likeness (QED) is 0.310. The van der Waals surface area contributed by atoms with Crippen molar-refractivity contribution in [1.82, 2.24) is 0 Å². The first kappa shape index (κ1) is 15.6. The summed E-state index contributed by atoms with van der Waals surface area (Å²) in [5.41, 5.74) is 4.25. The van der Waals surface area contributed by atoms with Crippen LogP contribution >= 0.6 is 0 Å². The minimum atomic E-state index is -4.00. The molecule has 0 aromatic heterocycles. The molecule has 0 radical (unpaired) electrons. The third-order valence-electron chi connectivity index (χ3n) is 1.04. The van der Waals surface area contributed by atoms with Gasteiger partial charge in [-0.2, -0.15) is 8.42 Å². The van der Waals surface area contributed by atoms with Crippen LogP contribution in [-0.2, 0) is 10.1 Å². The summed E-state index contributed by atoms with van der Waals surface area (Å²) >= 11 is 0. The predicted molar refractivity (Wildman–Crippen MR) is 45.8 cm³/mol. The molecule has 0 heterocycles. The van der Waals surface area contributed by atoms with E-state index < -0.39 is 10.1 Å². The molecule has 0 amide bonds. The van der Waals surface area contributed by atoms with Crippen molar-refractivity contribution >= 4 is 10.1 Å². The average molecular weight is 211 g/mol. The number of hydrogen-bond donors (Lipinski definition) is 2. The van der Waals surface area contributed by atoms with Crippen LogP contribution in [0, 0.1) is 7.05 Å². The van der Waals surface area contributed by atoms with Crippen molar-refractivity contribution in [2.24, 2.45) is 5.73 Å². The van der Waals surface area contributed by atoms with E-state index in [1.165, 1.54) is 12.1 Å². The molecular formula is C7H10NNaO3S. The molecule has 0 saturated heterocycles. The molecule has 68 valence electrons. The molecule has 6 heteroatoms. The van der Waals surface area contributed by atoms with Gasteiger partial charge in [0.25, 0.3) is 10.1 Å². The molecular weight excluding hydrogens is 201 g/mol. The summed E-state index contributed by atoms with van der Waals surface area (Å²) in [5.74, 6) is 0. The van der Waals surface area contributed by atoms with Crippen LogP contribution in [0.2, 0.25) is 0 Å². The van der Waals surface area contributed by atoms with E-state index in [1.54, 1.807) is 18.2 Å². The van der Waals surface area contributed by atoms with Crippen LogP contribution in [0.25, 0.3) is 0 Å². The zero-order valence-corrected chi connectivity index (χ0v) is 10.2. The van der Waals surface area contributed by atoms with Crippen molar-refractivity contribution in [3.05, 3.63) is 37.4 Å². The summed E-state index contributed by atoms with van der Waals surface area (Å²) in [4.78, 5) is -0.0741. The SMILES string of the molecule is O=S(=O)(O)c1ccccc1.[CH2-]N.[Na+]. The molecule has 1 aromatic rings. The summed E-state index contributed by atoms with van der Waals surface area (Å²) in [6.45, 7) is 0. The Morgan fingerprint density at radius 3 is 1.77 bits per heavy atom. The van der Waals surface area contributed by atoms with Crippen molar-refractivity contribution in [2.45, 2.75) is 4.90 Å². The van der Waals surface area contributed by atoms with E-state index in [-0.39, 0.29) is 34.5 Å². The largest absolute Gasteiger partial charge is 1.00 e. The van der Waals surface area contributed by atoms with Gasteiger partial charge in [-0.1, -0.05) is 18.2 Å². The molecule has 0 fully saturated rings. The van der Waals surface area contributed by atoms with Gasteiger partial charge in [-0.3, -0.25) is 11.6 Å². The molecule has 0 aliphatic carbocycles. The molecule has 0 bridgehead atoms. The fraction of sp³-hybridized carbons (Fsp3) is 0. The molecule has 3 N–H and O–H groups in total. The normalized spacial score (nSPS) is 9.15. The Kier molecular flexibility index (Phi) is 8.96. The molecule has 0 spiro atoms. The second kappa shape index (κ2) is 7.49. The van der Waals surface area contributed by atoms with Gasteiger partial charge in [0.05, 0.1) is 4.90 Å². The van der Waals surface area contributed by atoms with Crippen molar-refractivity contribution in [1.29, 1.82) is 0 Å². The topological polar surface area (TPSA) is 80.4 Å². The predicted octanol–water partition coefficient (Wildman–Crippen LogP) is -2.33. The van der Waals surface area contributed by atoms with Crippen LogP contribution in [0.1, 0.15) is 0 Å². The van der Waals surface area contributed by atoms with Gasteiger partial charge in [-0.25, -0.2) is 0 Å². The Labute approximate surface area is 100 Å². The van der Waals surface area contributed by atoms with Crippen LogP contribution in [-0.4, -0.2) is 13.0 Å². The van der Waals surface area contributed by atoms with Gasteiger partial charge in [0.2, 0.25) is 0 Å². The van der Waals surface area contributed by atoms with Gasteiger partial charge in [0.1, 0.15) is 0 Å². The fourth-order valence-electron chi connectivity index (χ4n) is 0.592. The van der Waals surface area contributed by atoms with Gasteiger partial charge in [0, 0.05) is 0 Å². The third-order valence-corrected chi connectivity index (χ3v) is 1.91. The Morgan fingerprint density at radius 1 is 1.15 bits per heavy atom. The molecule has 0 atom stereocenters. The molecule has 0 aliphatic heterocycles. The van der Waals surface area contributed by atoms with Crippen LogP contribution in [0.3, 0.4) is 0 Å². The third kappa shape index (κ3) is 6.20. The van der Waals surface area contributed by atoms with E-state index in [2.05, 4.69) is 12.8 Å². The van der Waals surface area contributed by atoms with Crippen LogP contribution in [0.15, 0.2) is 35.2 Å². The second-order valence-corrected chi connectivity index (χ2v) is 3.21. The van der Waals surface area contributed by atoms with Crippen LogP contribution in [0.4, 0.5) is 0 Å². The van der Waals surface area contributed by atoms with Crippen molar-refractivity contribution in [2.75, 3.05) is 0 Å². The molecule has 0 aliphatic rings. The van der Waals surface area contributed by atoms with E-state index in [1.807, 2.05) is 0 Å². The van der Waals surface area contributed by atoms with Crippen molar-refractivity contribution in [3.8, 4) is 0 Å². The van der Waals surface area contributed by atoms with Crippen LogP contribution < -0.4 is 35.3 Å². The van der Waals surface area contributed by atoms with Crippen molar-refractivity contribution in [3.63, 3.8) is 0 Å². The number of benzene rings is 1. The van der Waals surface area contributed by atoms with Gasteiger partial charge in [0.15, 0.2) is 0 Å². The molecule has 1 rings (SSSR count). The van der Waals surface area contributed by atoms with Crippen molar-refractivity contribution < 1.29 is 42.5 Å². The van der Waals surface area contributed by atoms with Gasteiger partial charge >= 0.3 is 29.6 Å². The molecule has 4 nitrogen and oxygen atoms in total. The summed E-state index contributed by atoms with van der Waals surface area (Å²) < 4.78 is 29.2. The minimum absolute atomic E-state index is 0. The van der Waals surface area contributed by atoms with E-state index in [0.717, 1.165) is 0 Å². The van der Waals surface area contributed by atoms with Gasteiger partial charge < -0.3 is 5.73 Å². The Morgan fingerprint density at radius 2 is 1.54 bits per heavy atom. The maximum Gasteiger partial charge on any atom is 1.00 e. The summed E-state index contributed by atoms with van der Waals surface area (Å²) in [6, 6.07) is 7.42. The molecule has 0 unspecified atom stereocenters. The summed E-state index contributed by atoms with van der Waals surface area (Å²) in [7, 11) is -1.25. The summed E-state index contributed by atoms with van der Waals surface area (Å²) in [5, 5.41) is 0. The standard InChI is InChI=1S/C6H6O3S.CH4N.Na/c7-10(8,9)6-4-2-1-3-5-6;1-2;/h1-5H,(H,7,8,9);1-2H2;/q;-1;+1. The van der Waals surface area contributed by atoms with Crippen LogP contribution in [0.5, 0.6) is 0 Å². The zero-order valence-electron chi connectivity index (χ0n) is 7.34. The molecule has 1 aromatic carbocycles. The summed E-state index contributed by atoms with van der Waals surface area (Å²) in [6.07, 6.45) is 0. The van der Waals surface area contributed by atoms with Gasteiger partial charge in [-0.15, -0.1) is 0 Å². The molecule has 0 saturated carbocycles. The average Bonchev–Trinajstić information content (AvgIpc) is 2.08. The minimum Gasteiger partial charge on any atom is -0.486 e. The first-order chi connectivity index (χ1) is 5.61. The molecule has 13 heavy (non-hydrogen) atoms. The van der Waals surface area contributed by atoms with E-state index in [9.17, 15) is 8.42 Å². The maximum atomic E-state index is 10.4. The monoisotopic (exact) mass is 211 g/mol. The number of nitrogens with two attached hydrogens (primary N) is 1. The smallest absolute Gasteiger partial charge is 0.486 e.